The molecule has 142 valence electrons. The summed E-state index contributed by atoms with van der Waals surface area (Å²) in [6.07, 6.45) is 4.85. The van der Waals surface area contributed by atoms with E-state index >= 15 is 0 Å². The Kier molecular flexibility index (Phi) is 4.36. The largest absolute Gasteiger partial charge is 0.274 e. The van der Waals surface area contributed by atoms with E-state index in [0.29, 0.717) is 24.1 Å². The number of carbonyl (C=O) groups is 2. The molecule has 3 aromatic carbocycles. The first-order valence-electron chi connectivity index (χ1n) is 10.1. The lowest BCUT2D eigenvalue weighted by molar-refractivity contribution is 0.0657. The van der Waals surface area contributed by atoms with Crippen LogP contribution in [0.15, 0.2) is 78.9 Å². The first-order chi connectivity index (χ1) is 14.2. The highest BCUT2D eigenvalue weighted by molar-refractivity contribution is 6.21. The van der Waals surface area contributed by atoms with Gasteiger partial charge in [0.1, 0.15) is 0 Å². The van der Waals surface area contributed by atoms with E-state index in [1.807, 2.05) is 0 Å². The van der Waals surface area contributed by atoms with E-state index < -0.39 is 0 Å². The van der Waals surface area contributed by atoms with Crippen LogP contribution >= 0.6 is 0 Å². The van der Waals surface area contributed by atoms with Crippen LogP contribution in [0.5, 0.6) is 0 Å². The lowest BCUT2D eigenvalue weighted by atomic mass is 9.93. The van der Waals surface area contributed by atoms with Crippen molar-refractivity contribution >= 4 is 17.4 Å². The van der Waals surface area contributed by atoms with Crippen molar-refractivity contribution in [2.75, 3.05) is 6.54 Å². The van der Waals surface area contributed by atoms with Crippen LogP contribution in [-0.4, -0.2) is 23.3 Å². The van der Waals surface area contributed by atoms with E-state index in [4.69, 9.17) is 0 Å². The monoisotopic (exact) mass is 379 g/mol. The van der Waals surface area contributed by atoms with Gasteiger partial charge in [-0.1, -0.05) is 66.7 Å². The highest BCUT2D eigenvalue weighted by atomic mass is 16.2. The summed E-state index contributed by atoms with van der Waals surface area (Å²) < 4.78 is 0. The molecular formula is C26H21NO2. The SMILES string of the molecule is O=C1c2ccccc2C(=O)N1CCC=C1c2ccccc2CCc2ccccc21. The highest BCUT2D eigenvalue weighted by Crippen LogP contribution is 2.34. The van der Waals surface area contributed by atoms with Crippen LogP contribution in [0.3, 0.4) is 0 Å². The fraction of sp³-hybridized carbons (Fsp3) is 0.154. The molecule has 3 aromatic rings. The molecule has 29 heavy (non-hydrogen) atoms. The van der Waals surface area contributed by atoms with Gasteiger partial charge in [-0.25, -0.2) is 0 Å². The number of benzene rings is 3. The predicted molar refractivity (Wildman–Crippen MR) is 114 cm³/mol. The molecule has 1 aliphatic carbocycles. The predicted octanol–water partition coefficient (Wildman–Crippen LogP) is 4.90. The van der Waals surface area contributed by atoms with Crippen molar-refractivity contribution in [3.63, 3.8) is 0 Å². The van der Waals surface area contributed by atoms with Crippen molar-refractivity contribution < 1.29 is 9.59 Å². The molecule has 0 bridgehead atoms. The van der Waals surface area contributed by atoms with Gasteiger partial charge < -0.3 is 0 Å². The van der Waals surface area contributed by atoms with E-state index in [0.717, 1.165) is 12.8 Å². The molecule has 1 aliphatic heterocycles. The van der Waals surface area contributed by atoms with Gasteiger partial charge in [0, 0.05) is 6.54 Å². The zero-order valence-electron chi connectivity index (χ0n) is 16.1. The third kappa shape index (κ3) is 2.99. The molecule has 0 unspecified atom stereocenters. The van der Waals surface area contributed by atoms with Crippen LogP contribution in [0, 0.1) is 0 Å². The van der Waals surface area contributed by atoms with Gasteiger partial charge in [-0.2, -0.15) is 0 Å². The molecule has 2 aliphatic rings. The summed E-state index contributed by atoms with van der Waals surface area (Å²) in [5, 5.41) is 0. The van der Waals surface area contributed by atoms with E-state index in [-0.39, 0.29) is 11.8 Å². The lowest BCUT2D eigenvalue weighted by Crippen LogP contribution is -2.30. The summed E-state index contributed by atoms with van der Waals surface area (Å²) in [5.74, 6) is -0.378. The summed E-state index contributed by atoms with van der Waals surface area (Å²) in [5.41, 5.74) is 7.40. The van der Waals surface area contributed by atoms with Crippen LogP contribution < -0.4 is 0 Å². The Labute approximate surface area is 170 Å². The maximum absolute atomic E-state index is 12.6. The fourth-order valence-corrected chi connectivity index (χ4v) is 4.42. The van der Waals surface area contributed by atoms with Gasteiger partial charge in [0.05, 0.1) is 11.1 Å². The second-order valence-electron chi connectivity index (χ2n) is 7.53. The number of aryl methyl sites for hydroxylation is 2. The number of rotatable bonds is 3. The quantitative estimate of drug-likeness (QED) is 0.607. The van der Waals surface area contributed by atoms with Gasteiger partial charge in [0.15, 0.2) is 0 Å². The number of hydrogen-bond donors (Lipinski definition) is 0. The zero-order valence-corrected chi connectivity index (χ0v) is 16.1. The number of fused-ring (bicyclic) bond motifs is 3. The van der Waals surface area contributed by atoms with Crippen molar-refractivity contribution in [3.05, 3.63) is 112 Å². The van der Waals surface area contributed by atoms with Gasteiger partial charge in [0.2, 0.25) is 0 Å². The maximum Gasteiger partial charge on any atom is 0.261 e. The maximum atomic E-state index is 12.6. The van der Waals surface area contributed by atoms with Crippen molar-refractivity contribution in [2.24, 2.45) is 0 Å². The summed E-state index contributed by atoms with van der Waals surface area (Å²) in [7, 11) is 0. The van der Waals surface area contributed by atoms with E-state index in [9.17, 15) is 9.59 Å². The normalized spacial score (nSPS) is 14.9. The van der Waals surface area contributed by atoms with E-state index in [1.54, 1.807) is 24.3 Å². The molecule has 0 fully saturated rings. The summed E-state index contributed by atoms with van der Waals surface area (Å²) in [6.45, 7) is 0.389. The number of hydrogen-bond acceptors (Lipinski definition) is 2. The average molecular weight is 379 g/mol. The molecule has 5 rings (SSSR count). The minimum absolute atomic E-state index is 0.189. The molecule has 0 saturated carbocycles. The van der Waals surface area contributed by atoms with Gasteiger partial charge in [-0.05, 0) is 59.2 Å². The highest BCUT2D eigenvalue weighted by Gasteiger charge is 2.34. The minimum Gasteiger partial charge on any atom is -0.274 e. The van der Waals surface area contributed by atoms with Crippen molar-refractivity contribution in [1.29, 1.82) is 0 Å². The van der Waals surface area contributed by atoms with E-state index in [1.165, 1.54) is 32.7 Å². The lowest BCUT2D eigenvalue weighted by Gasteiger charge is -2.15. The van der Waals surface area contributed by atoms with Crippen LogP contribution in [0.2, 0.25) is 0 Å². The summed E-state index contributed by atoms with van der Waals surface area (Å²) in [6, 6.07) is 24.1. The Bertz CT molecular complexity index is 1070. The molecular weight excluding hydrogens is 358 g/mol. The number of nitrogens with zero attached hydrogens (tertiary/aromatic N) is 1. The molecule has 2 amide bonds. The second-order valence-corrected chi connectivity index (χ2v) is 7.53. The van der Waals surface area contributed by atoms with Crippen molar-refractivity contribution in [3.8, 4) is 0 Å². The molecule has 0 aromatic heterocycles. The van der Waals surface area contributed by atoms with Gasteiger partial charge in [-0.15, -0.1) is 0 Å². The molecule has 1 heterocycles. The summed E-state index contributed by atoms with van der Waals surface area (Å²) in [4.78, 5) is 26.6. The minimum atomic E-state index is -0.189. The number of amides is 2. The number of carbonyl (C=O) groups excluding carboxylic acids is 2. The van der Waals surface area contributed by atoms with Crippen LogP contribution in [0.25, 0.3) is 5.57 Å². The van der Waals surface area contributed by atoms with Gasteiger partial charge >= 0.3 is 0 Å². The van der Waals surface area contributed by atoms with Crippen LogP contribution in [0.4, 0.5) is 0 Å². The van der Waals surface area contributed by atoms with Gasteiger partial charge in [-0.3, -0.25) is 14.5 Å². The third-order valence-electron chi connectivity index (χ3n) is 5.86. The summed E-state index contributed by atoms with van der Waals surface area (Å²) >= 11 is 0. The Morgan fingerprint density at radius 1 is 0.655 bits per heavy atom. The molecule has 0 saturated heterocycles. The van der Waals surface area contributed by atoms with E-state index in [2.05, 4.69) is 54.6 Å². The molecule has 0 N–H and O–H groups in total. The standard InChI is InChI=1S/C26H21NO2/c28-25-23-12-5-6-13-24(23)26(29)27(25)17-7-14-22-20-10-3-1-8-18(20)15-16-19-9-2-4-11-21(19)22/h1-6,8-14H,7,15-17H2. The zero-order chi connectivity index (χ0) is 19.8. The number of imide groups is 1. The molecule has 3 nitrogen and oxygen atoms in total. The average Bonchev–Trinajstić information content (AvgIpc) is 2.91. The van der Waals surface area contributed by atoms with Gasteiger partial charge in [0.25, 0.3) is 11.8 Å². The molecule has 0 spiro atoms. The second kappa shape index (κ2) is 7.17. The Morgan fingerprint density at radius 2 is 1.10 bits per heavy atom. The molecule has 0 radical (unpaired) electrons. The van der Waals surface area contributed by atoms with Crippen molar-refractivity contribution in [2.45, 2.75) is 19.3 Å². The topological polar surface area (TPSA) is 37.4 Å². The van der Waals surface area contributed by atoms with Crippen LogP contribution in [0.1, 0.15) is 49.4 Å². The molecule has 0 atom stereocenters. The fourth-order valence-electron chi connectivity index (χ4n) is 4.42. The Morgan fingerprint density at radius 3 is 1.62 bits per heavy atom. The Balaban J connectivity index is 1.46. The molecule has 3 heteroatoms. The third-order valence-corrected chi connectivity index (χ3v) is 5.86. The Hall–Kier alpha value is -3.46. The van der Waals surface area contributed by atoms with Crippen LogP contribution in [-0.2, 0) is 12.8 Å². The van der Waals surface area contributed by atoms with Crippen molar-refractivity contribution in [1.82, 2.24) is 4.90 Å². The first-order valence-corrected chi connectivity index (χ1v) is 10.1. The first kappa shape index (κ1) is 17.6. The smallest absolute Gasteiger partial charge is 0.261 e.